The highest BCUT2D eigenvalue weighted by Crippen LogP contribution is 2.22. The normalized spacial score (nSPS) is 16.4. The van der Waals surface area contributed by atoms with Crippen molar-refractivity contribution in [2.45, 2.75) is 6.42 Å². The van der Waals surface area contributed by atoms with Crippen LogP contribution in [0, 0.1) is 0 Å². The van der Waals surface area contributed by atoms with E-state index in [9.17, 15) is 4.79 Å². The van der Waals surface area contributed by atoms with E-state index in [1.54, 1.807) is 12.1 Å². The van der Waals surface area contributed by atoms with Crippen molar-refractivity contribution in [3.63, 3.8) is 0 Å². The highest BCUT2D eigenvalue weighted by Gasteiger charge is 2.17. The summed E-state index contributed by atoms with van der Waals surface area (Å²) in [4.78, 5) is 17.9. The van der Waals surface area contributed by atoms with Gasteiger partial charge in [-0.05, 0) is 31.2 Å². The Labute approximate surface area is 117 Å². The van der Waals surface area contributed by atoms with Gasteiger partial charge in [0.25, 0.3) is 0 Å². The van der Waals surface area contributed by atoms with E-state index in [-0.39, 0.29) is 5.56 Å². The second-order valence-corrected chi connectivity index (χ2v) is 5.07. The second-order valence-electron chi connectivity index (χ2n) is 5.07. The van der Waals surface area contributed by atoms with Crippen molar-refractivity contribution in [2.24, 2.45) is 7.05 Å². The predicted molar refractivity (Wildman–Crippen MR) is 77.4 cm³/mol. The summed E-state index contributed by atoms with van der Waals surface area (Å²) in [5.74, 6) is -0.00989. The zero-order valence-electron chi connectivity index (χ0n) is 11.5. The molecule has 1 aliphatic heterocycles. The number of carbonyl (C=O) groups is 1. The van der Waals surface area contributed by atoms with Gasteiger partial charge in [-0.3, -0.25) is 0 Å². The molecule has 3 rings (SSSR count). The van der Waals surface area contributed by atoms with Crippen LogP contribution in [-0.4, -0.2) is 46.8 Å². The minimum Gasteiger partial charge on any atom is -0.478 e. The smallest absolute Gasteiger partial charge is 0.335 e. The number of anilines is 1. The maximum atomic E-state index is 11.0. The predicted octanol–water partition coefficient (Wildman–Crippen LogP) is 1.07. The van der Waals surface area contributed by atoms with Gasteiger partial charge < -0.3 is 19.9 Å². The lowest BCUT2D eigenvalue weighted by atomic mass is 10.2. The van der Waals surface area contributed by atoms with Gasteiger partial charge in [-0.2, -0.15) is 0 Å². The van der Waals surface area contributed by atoms with Crippen LogP contribution >= 0.6 is 0 Å². The molecule has 2 N–H and O–H groups in total. The number of carboxylic acid groups (broad SMARTS) is 1. The molecule has 1 aromatic heterocycles. The molecule has 0 amide bonds. The Balaban J connectivity index is 2.02. The topological polar surface area (TPSA) is 70.4 Å². The zero-order valence-corrected chi connectivity index (χ0v) is 11.5. The van der Waals surface area contributed by atoms with Gasteiger partial charge in [0, 0.05) is 26.7 Å². The Bertz CT molecular complexity index is 642. The number of aromatic carboxylic acids is 1. The summed E-state index contributed by atoms with van der Waals surface area (Å²) < 4.78 is 2.03. The summed E-state index contributed by atoms with van der Waals surface area (Å²) in [6.07, 6.45) is 1.09. The summed E-state index contributed by atoms with van der Waals surface area (Å²) in [6, 6.07) is 5.09. The lowest BCUT2D eigenvalue weighted by molar-refractivity contribution is 0.0697. The summed E-state index contributed by atoms with van der Waals surface area (Å²) in [5.41, 5.74) is 1.97. The fraction of sp³-hybridized carbons (Fsp3) is 0.429. The van der Waals surface area contributed by atoms with E-state index in [4.69, 9.17) is 5.11 Å². The van der Waals surface area contributed by atoms with Crippen molar-refractivity contribution in [2.75, 3.05) is 31.1 Å². The first-order valence-corrected chi connectivity index (χ1v) is 6.82. The van der Waals surface area contributed by atoms with E-state index >= 15 is 0 Å². The Morgan fingerprint density at radius 2 is 2.20 bits per heavy atom. The number of rotatable bonds is 2. The molecule has 6 heteroatoms. The van der Waals surface area contributed by atoms with Crippen LogP contribution in [0.3, 0.4) is 0 Å². The molecule has 106 valence electrons. The van der Waals surface area contributed by atoms with Crippen LogP contribution in [0.1, 0.15) is 16.8 Å². The molecule has 0 saturated carbocycles. The van der Waals surface area contributed by atoms with E-state index in [0.717, 1.165) is 49.6 Å². The molecular weight excluding hydrogens is 256 g/mol. The van der Waals surface area contributed by atoms with Gasteiger partial charge in [0.05, 0.1) is 16.6 Å². The van der Waals surface area contributed by atoms with Crippen LogP contribution in [0.2, 0.25) is 0 Å². The van der Waals surface area contributed by atoms with Gasteiger partial charge >= 0.3 is 5.97 Å². The second kappa shape index (κ2) is 5.13. The number of nitrogens with one attached hydrogen (secondary N) is 1. The van der Waals surface area contributed by atoms with Crippen molar-refractivity contribution in [3.05, 3.63) is 23.8 Å². The van der Waals surface area contributed by atoms with Gasteiger partial charge in [-0.1, -0.05) is 0 Å². The van der Waals surface area contributed by atoms with Crippen LogP contribution < -0.4 is 10.2 Å². The van der Waals surface area contributed by atoms with Crippen LogP contribution in [0.5, 0.6) is 0 Å². The third kappa shape index (κ3) is 2.22. The number of imidazole rings is 1. The molecule has 0 unspecified atom stereocenters. The molecule has 0 spiro atoms. The molecule has 2 aromatic rings. The minimum absolute atomic E-state index is 0.277. The first-order chi connectivity index (χ1) is 9.66. The highest BCUT2D eigenvalue weighted by atomic mass is 16.4. The zero-order chi connectivity index (χ0) is 14.1. The quantitative estimate of drug-likeness (QED) is 0.857. The molecule has 1 aromatic carbocycles. The highest BCUT2D eigenvalue weighted by molar-refractivity contribution is 5.93. The Kier molecular flexibility index (Phi) is 3.31. The first-order valence-electron chi connectivity index (χ1n) is 6.82. The molecule has 20 heavy (non-hydrogen) atoms. The maximum absolute atomic E-state index is 11.0. The molecule has 1 aliphatic rings. The Hall–Kier alpha value is -2.08. The van der Waals surface area contributed by atoms with Gasteiger partial charge in [0.2, 0.25) is 5.95 Å². The fourth-order valence-corrected chi connectivity index (χ4v) is 2.65. The van der Waals surface area contributed by atoms with Crippen LogP contribution in [0.4, 0.5) is 5.95 Å². The lowest BCUT2D eigenvalue weighted by Crippen LogP contribution is -2.29. The van der Waals surface area contributed by atoms with Crippen molar-refractivity contribution >= 4 is 23.0 Å². The van der Waals surface area contributed by atoms with E-state index in [1.165, 1.54) is 0 Å². The summed E-state index contributed by atoms with van der Waals surface area (Å²) in [6.45, 7) is 3.87. The van der Waals surface area contributed by atoms with Crippen LogP contribution in [-0.2, 0) is 7.05 Å². The lowest BCUT2D eigenvalue weighted by Gasteiger charge is -2.20. The fourth-order valence-electron chi connectivity index (χ4n) is 2.65. The summed E-state index contributed by atoms with van der Waals surface area (Å²) in [5, 5.41) is 12.4. The van der Waals surface area contributed by atoms with Crippen molar-refractivity contribution < 1.29 is 9.90 Å². The average molecular weight is 274 g/mol. The standard InChI is InChI=1S/C14H18N4O2/c1-17-12-4-3-10(13(19)20)9-11(12)16-14(17)18-7-2-5-15-6-8-18/h3-4,9,15H,2,5-8H2,1H3,(H,19,20). The van der Waals surface area contributed by atoms with Crippen molar-refractivity contribution in [1.29, 1.82) is 0 Å². The third-order valence-electron chi connectivity index (χ3n) is 3.73. The SMILES string of the molecule is Cn1c(N2CCCNCC2)nc2cc(C(=O)O)ccc21. The summed E-state index contributed by atoms with van der Waals surface area (Å²) in [7, 11) is 1.98. The van der Waals surface area contributed by atoms with E-state index < -0.39 is 5.97 Å². The molecule has 6 nitrogen and oxygen atoms in total. The number of carboxylic acids is 1. The molecule has 0 radical (unpaired) electrons. The van der Waals surface area contributed by atoms with Gasteiger partial charge in [0.1, 0.15) is 0 Å². The van der Waals surface area contributed by atoms with Crippen LogP contribution in [0.15, 0.2) is 18.2 Å². The molecule has 0 atom stereocenters. The first kappa shape index (κ1) is 12.9. The number of aromatic nitrogens is 2. The van der Waals surface area contributed by atoms with Gasteiger partial charge in [-0.15, -0.1) is 0 Å². The van der Waals surface area contributed by atoms with Gasteiger partial charge in [-0.25, -0.2) is 9.78 Å². The molecule has 1 saturated heterocycles. The number of fused-ring (bicyclic) bond motifs is 1. The minimum atomic E-state index is -0.918. The molecule has 2 heterocycles. The largest absolute Gasteiger partial charge is 0.478 e. The Morgan fingerprint density at radius 3 is 3.00 bits per heavy atom. The number of nitrogens with zero attached hydrogens (tertiary/aromatic N) is 3. The monoisotopic (exact) mass is 274 g/mol. The van der Waals surface area contributed by atoms with Crippen LogP contribution in [0.25, 0.3) is 11.0 Å². The van der Waals surface area contributed by atoms with E-state index in [2.05, 4.69) is 15.2 Å². The molecular formula is C14H18N4O2. The maximum Gasteiger partial charge on any atom is 0.335 e. The van der Waals surface area contributed by atoms with E-state index in [1.807, 2.05) is 17.7 Å². The Morgan fingerprint density at radius 1 is 1.35 bits per heavy atom. The number of aryl methyl sites for hydroxylation is 1. The summed E-state index contributed by atoms with van der Waals surface area (Å²) >= 11 is 0. The average Bonchev–Trinajstić information content (AvgIpc) is 2.64. The third-order valence-corrected chi connectivity index (χ3v) is 3.73. The number of benzene rings is 1. The van der Waals surface area contributed by atoms with Gasteiger partial charge in [0.15, 0.2) is 0 Å². The number of hydrogen-bond donors (Lipinski definition) is 2. The number of hydrogen-bond acceptors (Lipinski definition) is 4. The molecule has 0 bridgehead atoms. The van der Waals surface area contributed by atoms with Crippen molar-refractivity contribution in [1.82, 2.24) is 14.9 Å². The van der Waals surface area contributed by atoms with E-state index in [0.29, 0.717) is 0 Å². The molecule has 0 aliphatic carbocycles. The molecule has 1 fully saturated rings. The van der Waals surface area contributed by atoms with Crippen molar-refractivity contribution in [3.8, 4) is 0 Å².